The number of hydrogen-bond acceptors (Lipinski definition) is 5. The van der Waals surface area contributed by atoms with Crippen LogP contribution in [0, 0.1) is 21.4 Å². The van der Waals surface area contributed by atoms with Crippen LogP contribution in [-0.2, 0) is 4.74 Å². The van der Waals surface area contributed by atoms with E-state index in [1.165, 1.54) is 6.07 Å². The Morgan fingerprint density at radius 2 is 2.20 bits per heavy atom. The predicted molar refractivity (Wildman–Crippen MR) is 74.7 cm³/mol. The number of hydrogen-bond donors (Lipinski definition) is 0. The largest absolute Gasteiger partial charge is 0.378 e. The van der Waals surface area contributed by atoms with Gasteiger partial charge in [-0.25, -0.2) is 0 Å². The second-order valence-corrected chi connectivity index (χ2v) is 4.71. The molecule has 106 valence electrons. The van der Waals surface area contributed by atoms with Crippen LogP contribution in [0.4, 0.5) is 11.4 Å². The van der Waals surface area contributed by atoms with E-state index in [0.29, 0.717) is 6.10 Å². The van der Waals surface area contributed by atoms with Gasteiger partial charge in [-0.05, 0) is 31.9 Å². The number of nitriles is 1. The third-order valence-corrected chi connectivity index (χ3v) is 3.51. The predicted octanol–water partition coefficient (Wildman–Crippen LogP) is 2.47. The molecular formula is C14H17N3O3. The molecule has 0 spiro atoms. The summed E-state index contributed by atoms with van der Waals surface area (Å²) in [5.41, 5.74) is 0.835. The van der Waals surface area contributed by atoms with E-state index in [0.717, 1.165) is 38.2 Å². The van der Waals surface area contributed by atoms with Gasteiger partial charge >= 0.3 is 0 Å². The summed E-state index contributed by atoms with van der Waals surface area (Å²) in [5.74, 6) is 0. The van der Waals surface area contributed by atoms with E-state index in [1.807, 2.05) is 13.0 Å². The molecule has 0 radical (unpaired) electrons. The highest BCUT2D eigenvalue weighted by Crippen LogP contribution is 2.27. The molecule has 6 nitrogen and oxygen atoms in total. The zero-order valence-electron chi connectivity index (χ0n) is 11.4. The fraction of sp³-hybridized carbons (Fsp3) is 0.500. The molecule has 20 heavy (non-hydrogen) atoms. The molecule has 0 amide bonds. The Labute approximate surface area is 117 Å². The van der Waals surface area contributed by atoms with Crippen molar-refractivity contribution in [1.29, 1.82) is 5.26 Å². The van der Waals surface area contributed by atoms with Crippen LogP contribution in [0.5, 0.6) is 0 Å². The first kappa shape index (κ1) is 14.3. The lowest BCUT2D eigenvalue weighted by atomic mass is 10.1. The molecule has 1 aliphatic heterocycles. The Morgan fingerprint density at radius 1 is 1.50 bits per heavy atom. The summed E-state index contributed by atoms with van der Waals surface area (Å²) in [5, 5.41) is 19.8. The quantitative estimate of drug-likeness (QED) is 0.623. The van der Waals surface area contributed by atoms with Crippen LogP contribution in [-0.4, -0.2) is 30.7 Å². The lowest BCUT2D eigenvalue weighted by Gasteiger charge is -2.33. The Bertz CT molecular complexity index is 531. The van der Waals surface area contributed by atoms with Crippen LogP contribution in [0.25, 0.3) is 0 Å². The third kappa shape index (κ3) is 3.06. The molecule has 0 aromatic heterocycles. The van der Waals surface area contributed by atoms with Crippen LogP contribution in [0.3, 0.4) is 0 Å². The maximum absolute atomic E-state index is 10.8. The van der Waals surface area contributed by atoms with Crippen molar-refractivity contribution in [3.05, 3.63) is 33.9 Å². The van der Waals surface area contributed by atoms with Crippen molar-refractivity contribution in [3.8, 4) is 6.07 Å². The summed E-state index contributed by atoms with van der Waals surface area (Å²) < 4.78 is 5.59. The first-order chi connectivity index (χ1) is 9.65. The smallest absolute Gasteiger partial charge is 0.287 e. The SMILES string of the molecule is CCOC1CCN(c2ccc([N+](=O)[O-])c(C#N)c2)CC1. The molecule has 1 aromatic rings. The van der Waals surface area contributed by atoms with Gasteiger partial charge in [-0.2, -0.15) is 5.26 Å². The van der Waals surface area contributed by atoms with Crippen LogP contribution >= 0.6 is 0 Å². The van der Waals surface area contributed by atoms with Gasteiger partial charge in [0, 0.05) is 31.5 Å². The molecule has 0 aliphatic carbocycles. The molecular weight excluding hydrogens is 258 g/mol. The van der Waals surface area contributed by atoms with E-state index >= 15 is 0 Å². The molecule has 2 rings (SSSR count). The Balaban J connectivity index is 2.11. The fourth-order valence-electron chi connectivity index (χ4n) is 2.49. The number of rotatable bonds is 4. The molecule has 1 aliphatic rings. The molecule has 6 heteroatoms. The molecule has 0 N–H and O–H groups in total. The minimum Gasteiger partial charge on any atom is -0.378 e. The lowest BCUT2D eigenvalue weighted by molar-refractivity contribution is -0.385. The number of anilines is 1. The van der Waals surface area contributed by atoms with Crippen molar-refractivity contribution in [2.75, 3.05) is 24.6 Å². The zero-order chi connectivity index (χ0) is 14.5. The van der Waals surface area contributed by atoms with E-state index in [9.17, 15) is 10.1 Å². The summed E-state index contributed by atoms with van der Waals surface area (Å²) in [7, 11) is 0. The van der Waals surface area contributed by atoms with Crippen LogP contribution in [0.15, 0.2) is 18.2 Å². The van der Waals surface area contributed by atoms with E-state index in [1.54, 1.807) is 12.1 Å². The molecule has 0 saturated carbocycles. The number of ether oxygens (including phenoxy) is 1. The highest BCUT2D eigenvalue weighted by molar-refractivity contribution is 5.60. The normalized spacial score (nSPS) is 15.9. The summed E-state index contributed by atoms with van der Waals surface area (Å²) in [4.78, 5) is 12.4. The first-order valence-corrected chi connectivity index (χ1v) is 6.70. The Kier molecular flexibility index (Phi) is 4.53. The monoisotopic (exact) mass is 275 g/mol. The number of nitrogens with zero attached hydrogens (tertiary/aromatic N) is 3. The van der Waals surface area contributed by atoms with E-state index in [-0.39, 0.29) is 11.3 Å². The Morgan fingerprint density at radius 3 is 2.75 bits per heavy atom. The molecule has 1 saturated heterocycles. The molecule has 0 bridgehead atoms. The first-order valence-electron chi connectivity index (χ1n) is 6.70. The highest BCUT2D eigenvalue weighted by atomic mass is 16.6. The summed E-state index contributed by atoms with van der Waals surface area (Å²) in [6.07, 6.45) is 2.17. The van der Waals surface area contributed by atoms with Gasteiger partial charge in [0.25, 0.3) is 5.69 Å². The van der Waals surface area contributed by atoms with Gasteiger partial charge in [-0.15, -0.1) is 0 Å². The van der Waals surface area contributed by atoms with Gasteiger partial charge in [0.2, 0.25) is 0 Å². The standard InChI is InChI=1S/C14H17N3O3/c1-2-20-13-5-7-16(8-6-13)12-3-4-14(17(18)19)11(9-12)10-15/h3-4,9,13H,2,5-8H2,1H3. The van der Waals surface area contributed by atoms with Crippen molar-refractivity contribution in [1.82, 2.24) is 0 Å². The van der Waals surface area contributed by atoms with Crippen molar-refractivity contribution < 1.29 is 9.66 Å². The summed E-state index contributed by atoms with van der Waals surface area (Å²) in [6, 6.07) is 6.60. The van der Waals surface area contributed by atoms with Crippen molar-refractivity contribution >= 4 is 11.4 Å². The fourth-order valence-corrected chi connectivity index (χ4v) is 2.49. The van der Waals surface area contributed by atoms with Gasteiger partial charge in [0.1, 0.15) is 11.6 Å². The average molecular weight is 275 g/mol. The lowest BCUT2D eigenvalue weighted by Crippen LogP contribution is -2.37. The highest BCUT2D eigenvalue weighted by Gasteiger charge is 2.21. The van der Waals surface area contributed by atoms with Crippen molar-refractivity contribution in [2.24, 2.45) is 0 Å². The van der Waals surface area contributed by atoms with Crippen molar-refractivity contribution in [3.63, 3.8) is 0 Å². The van der Waals surface area contributed by atoms with Crippen LogP contribution < -0.4 is 4.90 Å². The molecule has 0 atom stereocenters. The Hall–Kier alpha value is -2.13. The molecule has 1 fully saturated rings. The molecule has 1 heterocycles. The maximum atomic E-state index is 10.8. The van der Waals surface area contributed by atoms with Gasteiger partial charge in [-0.1, -0.05) is 0 Å². The van der Waals surface area contributed by atoms with E-state index in [2.05, 4.69) is 4.90 Å². The molecule has 0 unspecified atom stereocenters. The maximum Gasteiger partial charge on any atom is 0.287 e. The number of nitro benzene ring substituents is 1. The van der Waals surface area contributed by atoms with Crippen LogP contribution in [0.1, 0.15) is 25.3 Å². The molecule has 1 aromatic carbocycles. The number of piperidine rings is 1. The average Bonchev–Trinajstić information content (AvgIpc) is 2.47. The third-order valence-electron chi connectivity index (χ3n) is 3.51. The van der Waals surface area contributed by atoms with Crippen LogP contribution in [0.2, 0.25) is 0 Å². The van der Waals surface area contributed by atoms with Gasteiger partial charge in [0.05, 0.1) is 11.0 Å². The summed E-state index contributed by atoms with van der Waals surface area (Å²) >= 11 is 0. The number of nitro groups is 1. The van der Waals surface area contributed by atoms with Crippen molar-refractivity contribution in [2.45, 2.75) is 25.9 Å². The topological polar surface area (TPSA) is 79.4 Å². The minimum atomic E-state index is -0.524. The van der Waals surface area contributed by atoms with Gasteiger partial charge in [0.15, 0.2) is 0 Å². The summed E-state index contributed by atoms with van der Waals surface area (Å²) in [6.45, 7) is 4.39. The zero-order valence-corrected chi connectivity index (χ0v) is 11.4. The second-order valence-electron chi connectivity index (χ2n) is 4.71. The van der Waals surface area contributed by atoms with E-state index in [4.69, 9.17) is 10.00 Å². The van der Waals surface area contributed by atoms with Gasteiger partial charge in [-0.3, -0.25) is 10.1 Å². The number of benzene rings is 1. The van der Waals surface area contributed by atoms with E-state index < -0.39 is 4.92 Å². The van der Waals surface area contributed by atoms with Gasteiger partial charge < -0.3 is 9.64 Å². The second kappa shape index (κ2) is 6.35. The minimum absolute atomic E-state index is 0.111.